The second-order valence-corrected chi connectivity index (χ2v) is 8.45. The number of rotatable bonds is 1. The predicted molar refractivity (Wildman–Crippen MR) is 109 cm³/mol. The van der Waals surface area contributed by atoms with Crippen molar-refractivity contribution in [3.05, 3.63) is 77.6 Å². The Kier molecular flexibility index (Phi) is 3.48. The summed E-state index contributed by atoms with van der Waals surface area (Å²) in [6.07, 6.45) is 5.20. The summed E-state index contributed by atoms with van der Waals surface area (Å²) in [5.41, 5.74) is 5.29. The first-order chi connectivity index (χ1) is 13.0. The summed E-state index contributed by atoms with van der Waals surface area (Å²) in [4.78, 5) is 17.5. The van der Waals surface area contributed by atoms with Gasteiger partial charge in [0.15, 0.2) is 5.78 Å². The topological polar surface area (TPSA) is 42.0 Å². The van der Waals surface area contributed by atoms with Crippen LogP contribution in [0.15, 0.2) is 66.5 Å². The minimum atomic E-state index is -0.0214. The van der Waals surface area contributed by atoms with Gasteiger partial charge in [0.05, 0.1) is 6.04 Å². The van der Waals surface area contributed by atoms with E-state index >= 15 is 0 Å². The minimum Gasteiger partial charge on any atom is -0.374 e. The maximum atomic E-state index is 13.2. The Morgan fingerprint density at radius 1 is 1.04 bits per heavy atom. The third kappa shape index (κ3) is 2.66. The number of fused-ring (bicyclic) bond motifs is 3. The largest absolute Gasteiger partial charge is 0.374 e. The molecule has 3 nitrogen and oxygen atoms in total. The highest BCUT2D eigenvalue weighted by atomic mass is 16.1. The molecule has 2 aromatic carbocycles. The molecule has 0 saturated carbocycles. The maximum Gasteiger partial charge on any atom is 0.164 e. The summed E-state index contributed by atoms with van der Waals surface area (Å²) < 4.78 is 0. The number of hydrogen-bond donors (Lipinski definition) is 1. The average Bonchev–Trinajstić information content (AvgIpc) is 2.65. The molecule has 1 aliphatic heterocycles. The van der Waals surface area contributed by atoms with Crippen LogP contribution < -0.4 is 5.32 Å². The molecular formula is C24H22N2O. The molecule has 5 rings (SSSR count). The van der Waals surface area contributed by atoms with E-state index in [1.165, 1.54) is 16.3 Å². The van der Waals surface area contributed by atoms with Crippen LogP contribution in [-0.4, -0.2) is 10.8 Å². The van der Waals surface area contributed by atoms with Gasteiger partial charge in [-0.3, -0.25) is 9.78 Å². The lowest BCUT2D eigenvalue weighted by Gasteiger charge is -2.40. The number of carbonyl (C=O) groups excluding carboxylic acids is 1. The van der Waals surface area contributed by atoms with E-state index in [1.54, 1.807) is 6.20 Å². The van der Waals surface area contributed by atoms with Crippen LogP contribution in [0.1, 0.15) is 43.9 Å². The van der Waals surface area contributed by atoms with Crippen molar-refractivity contribution in [3.8, 4) is 0 Å². The van der Waals surface area contributed by atoms with Crippen molar-refractivity contribution in [2.75, 3.05) is 5.32 Å². The van der Waals surface area contributed by atoms with Gasteiger partial charge >= 0.3 is 0 Å². The van der Waals surface area contributed by atoms with Gasteiger partial charge in [-0.15, -0.1) is 0 Å². The summed E-state index contributed by atoms with van der Waals surface area (Å²) in [5, 5.41) is 6.06. The van der Waals surface area contributed by atoms with Gasteiger partial charge in [-0.25, -0.2) is 0 Å². The molecule has 1 aliphatic carbocycles. The Hall–Kier alpha value is -2.94. The molecule has 0 fully saturated rings. The van der Waals surface area contributed by atoms with E-state index in [0.717, 1.165) is 28.8 Å². The first-order valence-electron chi connectivity index (χ1n) is 9.48. The quantitative estimate of drug-likeness (QED) is 0.623. The molecule has 0 bridgehead atoms. The van der Waals surface area contributed by atoms with E-state index in [1.807, 2.05) is 18.3 Å². The van der Waals surface area contributed by atoms with Crippen molar-refractivity contribution in [1.29, 1.82) is 0 Å². The van der Waals surface area contributed by atoms with Gasteiger partial charge < -0.3 is 5.32 Å². The van der Waals surface area contributed by atoms with E-state index < -0.39 is 0 Å². The van der Waals surface area contributed by atoms with Crippen LogP contribution in [0, 0.1) is 5.41 Å². The number of carbonyl (C=O) groups is 1. The highest BCUT2D eigenvalue weighted by Gasteiger charge is 2.40. The van der Waals surface area contributed by atoms with Crippen molar-refractivity contribution < 1.29 is 4.79 Å². The number of anilines is 1. The van der Waals surface area contributed by atoms with Crippen LogP contribution >= 0.6 is 0 Å². The number of hydrogen-bond acceptors (Lipinski definition) is 3. The summed E-state index contributed by atoms with van der Waals surface area (Å²) in [7, 11) is 0. The minimum absolute atomic E-state index is 0.00844. The highest BCUT2D eigenvalue weighted by Crippen LogP contribution is 2.50. The van der Waals surface area contributed by atoms with Crippen LogP contribution in [0.5, 0.6) is 0 Å². The Labute approximate surface area is 159 Å². The van der Waals surface area contributed by atoms with Crippen LogP contribution in [0.25, 0.3) is 16.3 Å². The molecule has 0 saturated heterocycles. The standard InChI is InChI=1S/C24H22N2O/c1-24(2)12-19-22(21(27)13-24)18-10-15-6-3-4-7-16(15)11-20(18)26-23(19)17-8-5-9-25-14-17/h3-11,14,23,26H,12-13H2,1-2H3. The molecule has 134 valence electrons. The monoisotopic (exact) mass is 354 g/mol. The molecule has 2 heterocycles. The fraction of sp³-hybridized carbons (Fsp3) is 0.250. The summed E-state index contributed by atoms with van der Waals surface area (Å²) in [5.74, 6) is 0.258. The van der Waals surface area contributed by atoms with Gasteiger partial charge in [0.2, 0.25) is 0 Å². The third-order valence-corrected chi connectivity index (χ3v) is 5.73. The van der Waals surface area contributed by atoms with Crippen LogP contribution in [0.4, 0.5) is 5.69 Å². The van der Waals surface area contributed by atoms with Crippen LogP contribution in [0.3, 0.4) is 0 Å². The van der Waals surface area contributed by atoms with Gasteiger partial charge in [0.1, 0.15) is 0 Å². The zero-order valence-corrected chi connectivity index (χ0v) is 15.6. The van der Waals surface area contributed by atoms with E-state index in [0.29, 0.717) is 6.42 Å². The third-order valence-electron chi connectivity index (χ3n) is 5.73. The number of nitrogens with one attached hydrogen (secondary N) is 1. The number of ketones is 1. The van der Waals surface area contributed by atoms with Gasteiger partial charge in [0.25, 0.3) is 0 Å². The number of aromatic nitrogens is 1. The van der Waals surface area contributed by atoms with E-state index in [4.69, 9.17) is 0 Å². The van der Waals surface area contributed by atoms with Gasteiger partial charge in [-0.05, 0) is 51.9 Å². The van der Waals surface area contributed by atoms with Crippen molar-refractivity contribution in [2.24, 2.45) is 5.41 Å². The van der Waals surface area contributed by atoms with Gasteiger partial charge in [-0.2, -0.15) is 0 Å². The highest BCUT2D eigenvalue weighted by molar-refractivity contribution is 6.25. The van der Waals surface area contributed by atoms with Gasteiger partial charge in [0, 0.05) is 35.6 Å². The van der Waals surface area contributed by atoms with E-state index in [-0.39, 0.29) is 17.2 Å². The van der Waals surface area contributed by atoms with Crippen LogP contribution in [-0.2, 0) is 4.79 Å². The molecule has 1 unspecified atom stereocenters. The molecule has 3 aromatic rings. The summed E-state index contributed by atoms with van der Waals surface area (Å²) in [6.45, 7) is 4.37. The number of nitrogens with zero attached hydrogens (tertiary/aromatic N) is 1. The normalized spacial score (nSPS) is 20.8. The Balaban J connectivity index is 1.78. The molecule has 1 N–H and O–H groups in total. The van der Waals surface area contributed by atoms with Crippen molar-refractivity contribution in [3.63, 3.8) is 0 Å². The van der Waals surface area contributed by atoms with E-state index in [9.17, 15) is 4.79 Å². The molecule has 0 radical (unpaired) electrons. The fourth-order valence-electron chi connectivity index (χ4n) is 4.58. The zero-order valence-electron chi connectivity index (χ0n) is 15.6. The number of Topliss-reactive ketones (excluding diaryl/α,β-unsaturated/α-hetero) is 1. The second kappa shape index (κ2) is 5.78. The second-order valence-electron chi connectivity index (χ2n) is 8.45. The SMILES string of the molecule is CC1(C)CC(=O)C2=C(C1)C(c1cccnc1)Nc1cc3ccccc3cc12. The zero-order chi connectivity index (χ0) is 18.6. The van der Waals surface area contributed by atoms with Crippen molar-refractivity contribution >= 4 is 27.8 Å². The molecule has 1 atom stereocenters. The maximum absolute atomic E-state index is 13.2. The Morgan fingerprint density at radius 2 is 1.81 bits per heavy atom. The lowest BCUT2D eigenvalue weighted by molar-refractivity contribution is -0.116. The molecule has 3 heteroatoms. The van der Waals surface area contributed by atoms with Crippen molar-refractivity contribution in [2.45, 2.75) is 32.7 Å². The number of pyridine rings is 1. The molecule has 0 amide bonds. The molecule has 1 aromatic heterocycles. The molecule has 2 aliphatic rings. The molecular weight excluding hydrogens is 332 g/mol. The Bertz CT molecular complexity index is 1100. The molecule has 27 heavy (non-hydrogen) atoms. The van der Waals surface area contributed by atoms with E-state index in [2.05, 4.69) is 60.5 Å². The van der Waals surface area contributed by atoms with Crippen LogP contribution in [0.2, 0.25) is 0 Å². The van der Waals surface area contributed by atoms with Crippen molar-refractivity contribution in [1.82, 2.24) is 4.98 Å². The lowest BCUT2D eigenvalue weighted by Crippen LogP contribution is -2.32. The first kappa shape index (κ1) is 16.2. The summed E-state index contributed by atoms with van der Waals surface area (Å²) >= 11 is 0. The summed E-state index contributed by atoms with van der Waals surface area (Å²) in [6, 6.07) is 16.7. The average molecular weight is 354 g/mol. The fourth-order valence-corrected chi connectivity index (χ4v) is 4.58. The predicted octanol–water partition coefficient (Wildman–Crippen LogP) is 5.54. The number of allylic oxidation sites excluding steroid dienone is 1. The smallest absolute Gasteiger partial charge is 0.164 e. The lowest BCUT2D eigenvalue weighted by atomic mass is 9.68. The number of benzene rings is 2. The molecule has 0 spiro atoms. The van der Waals surface area contributed by atoms with Gasteiger partial charge in [-0.1, -0.05) is 44.2 Å². The first-order valence-corrected chi connectivity index (χ1v) is 9.48. The Morgan fingerprint density at radius 3 is 2.56 bits per heavy atom.